The van der Waals surface area contributed by atoms with E-state index < -0.39 is 28.5 Å². The molecule has 180 valence electrons. The first-order valence-electron chi connectivity index (χ1n) is 10.1. The van der Waals surface area contributed by atoms with Gasteiger partial charge < -0.3 is 15.0 Å². The Morgan fingerprint density at radius 1 is 1.12 bits per heavy atom. The van der Waals surface area contributed by atoms with Crippen LogP contribution in [-0.4, -0.2) is 58.1 Å². The van der Waals surface area contributed by atoms with Crippen LogP contribution >= 0.6 is 23.2 Å². The van der Waals surface area contributed by atoms with Crippen molar-refractivity contribution in [2.24, 2.45) is 0 Å². The molecule has 0 spiro atoms. The minimum atomic E-state index is -3.86. The average molecular weight is 516 g/mol. The van der Waals surface area contributed by atoms with Gasteiger partial charge >= 0.3 is 0 Å². The SMILES string of the molecule is CC[C@@H](C(=O)NC)N(Cc1ccc(Cl)c(Cl)c1)C(=O)CN(c1ccccc1OC)S(C)(=O)=O. The van der Waals surface area contributed by atoms with Crippen molar-refractivity contribution in [3.63, 3.8) is 0 Å². The van der Waals surface area contributed by atoms with E-state index in [0.717, 1.165) is 10.6 Å². The molecule has 0 heterocycles. The molecule has 0 aliphatic heterocycles. The third kappa shape index (κ3) is 6.75. The number of ether oxygens (including phenoxy) is 1. The molecule has 11 heteroatoms. The molecule has 0 aliphatic carbocycles. The van der Waals surface area contributed by atoms with Crippen LogP contribution in [0.5, 0.6) is 5.75 Å². The van der Waals surface area contributed by atoms with E-state index in [1.165, 1.54) is 19.1 Å². The van der Waals surface area contributed by atoms with Crippen molar-refractivity contribution in [3.05, 3.63) is 58.1 Å². The summed E-state index contributed by atoms with van der Waals surface area (Å²) in [5.74, 6) is -0.632. The molecule has 2 rings (SSSR count). The van der Waals surface area contributed by atoms with Crippen molar-refractivity contribution in [2.45, 2.75) is 25.9 Å². The molecule has 1 atom stereocenters. The maximum atomic E-state index is 13.5. The maximum absolute atomic E-state index is 13.5. The number of methoxy groups -OCH3 is 1. The molecule has 8 nitrogen and oxygen atoms in total. The Balaban J connectivity index is 2.48. The first-order chi connectivity index (χ1) is 15.5. The minimum Gasteiger partial charge on any atom is -0.495 e. The third-order valence-corrected chi connectivity index (χ3v) is 6.87. The molecule has 2 amide bonds. The van der Waals surface area contributed by atoms with Crippen molar-refractivity contribution < 1.29 is 22.7 Å². The van der Waals surface area contributed by atoms with Crippen LogP contribution in [0.1, 0.15) is 18.9 Å². The van der Waals surface area contributed by atoms with Gasteiger partial charge in [0, 0.05) is 13.6 Å². The van der Waals surface area contributed by atoms with E-state index in [1.807, 2.05) is 0 Å². The molecule has 0 radical (unpaired) electrons. The van der Waals surface area contributed by atoms with Gasteiger partial charge in [-0.15, -0.1) is 0 Å². The molecule has 1 N–H and O–H groups in total. The summed E-state index contributed by atoms with van der Waals surface area (Å²) in [4.78, 5) is 27.4. The fourth-order valence-corrected chi connectivity index (χ4v) is 4.53. The van der Waals surface area contributed by atoms with Crippen LogP contribution in [-0.2, 0) is 26.2 Å². The Bertz CT molecular complexity index is 1110. The van der Waals surface area contributed by atoms with Gasteiger partial charge in [-0.25, -0.2) is 8.42 Å². The highest BCUT2D eigenvalue weighted by Crippen LogP contribution is 2.30. The second-order valence-electron chi connectivity index (χ2n) is 7.25. The van der Waals surface area contributed by atoms with Crippen LogP contribution in [0.25, 0.3) is 0 Å². The van der Waals surface area contributed by atoms with Crippen LogP contribution in [0, 0.1) is 0 Å². The standard InChI is InChI=1S/C22H27Cl2N3O5S/c1-5-18(22(29)25-2)26(13-15-10-11-16(23)17(24)12-15)21(28)14-27(33(4,30)31)19-8-6-7-9-20(19)32-3/h6-12,18H,5,13-14H2,1-4H3,(H,25,29)/t18-/m0/s1. The lowest BCUT2D eigenvalue weighted by Crippen LogP contribution is -2.51. The number of hydrogen-bond donors (Lipinski definition) is 1. The summed E-state index contributed by atoms with van der Waals surface area (Å²) < 4.78 is 31.5. The van der Waals surface area contributed by atoms with E-state index in [9.17, 15) is 18.0 Å². The molecule has 33 heavy (non-hydrogen) atoms. The maximum Gasteiger partial charge on any atom is 0.244 e. The Labute approximate surface area is 204 Å². The number of anilines is 1. The number of carbonyl (C=O) groups is 2. The zero-order chi connectivity index (χ0) is 24.8. The number of nitrogens with one attached hydrogen (secondary N) is 1. The number of sulfonamides is 1. The predicted octanol–water partition coefficient (Wildman–Crippen LogP) is 3.32. The van der Waals surface area contributed by atoms with Crippen LogP contribution in [0.3, 0.4) is 0 Å². The number of hydrogen-bond acceptors (Lipinski definition) is 5. The molecule has 0 saturated carbocycles. The van der Waals surface area contributed by atoms with E-state index in [1.54, 1.807) is 49.4 Å². The number of para-hydroxylation sites is 2. The monoisotopic (exact) mass is 515 g/mol. The molecular formula is C22H27Cl2N3O5S. The summed E-state index contributed by atoms with van der Waals surface area (Å²) in [6, 6.07) is 10.6. The first-order valence-corrected chi connectivity index (χ1v) is 12.7. The number of rotatable bonds is 10. The van der Waals surface area contributed by atoms with Crippen LogP contribution in [0.15, 0.2) is 42.5 Å². The highest BCUT2D eigenvalue weighted by molar-refractivity contribution is 7.92. The van der Waals surface area contributed by atoms with Crippen molar-refractivity contribution in [2.75, 3.05) is 31.3 Å². The summed E-state index contributed by atoms with van der Waals surface area (Å²) in [5.41, 5.74) is 0.863. The quantitative estimate of drug-likeness (QED) is 0.523. The van der Waals surface area contributed by atoms with Crippen LogP contribution in [0.4, 0.5) is 5.69 Å². The topological polar surface area (TPSA) is 96.0 Å². The van der Waals surface area contributed by atoms with Crippen molar-refractivity contribution in [1.82, 2.24) is 10.2 Å². The molecule has 0 fully saturated rings. The second kappa shape index (κ2) is 11.6. The first kappa shape index (κ1) is 26.8. The third-order valence-electron chi connectivity index (χ3n) is 5.00. The summed E-state index contributed by atoms with van der Waals surface area (Å²) in [5, 5.41) is 3.22. The minimum absolute atomic E-state index is 0.0329. The predicted molar refractivity (Wildman–Crippen MR) is 130 cm³/mol. The molecular weight excluding hydrogens is 489 g/mol. The van der Waals surface area contributed by atoms with E-state index >= 15 is 0 Å². The summed E-state index contributed by atoms with van der Waals surface area (Å²) in [6.07, 6.45) is 1.33. The van der Waals surface area contributed by atoms with Crippen molar-refractivity contribution >= 4 is 50.7 Å². The number of halogens is 2. The fourth-order valence-electron chi connectivity index (χ4n) is 3.35. The molecule has 2 aromatic rings. The van der Waals surface area contributed by atoms with Gasteiger partial charge in [-0.3, -0.25) is 13.9 Å². The Morgan fingerprint density at radius 3 is 2.33 bits per heavy atom. The van der Waals surface area contributed by atoms with Gasteiger partial charge in [-0.1, -0.05) is 48.3 Å². The lowest BCUT2D eigenvalue weighted by Gasteiger charge is -2.32. The van der Waals surface area contributed by atoms with Gasteiger partial charge in [0.1, 0.15) is 18.3 Å². The van der Waals surface area contributed by atoms with Crippen molar-refractivity contribution in [1.29, 1.82) is 0 Å². The lowest BCUT2D eigenvalue weighted by atomic mass is 10.1. The van der Waals surface area contributed by atoms with E-state index in [4.69, 9.17) is 27.9 Å². The largest absolute Gasteiger partial charge is 0.495 e. The van der Waals surface area contributed by atoms with E-state index in [0.29, 0.717) is 27.8 Å². The van der Waals surface area contributed by atoms with Crippen molar-refractivity contribution in [3.8, 4) is 5.75 Å². The number of benzene rings is 2. The molecule has 0 aliphatic rings. The highest BCUT2D eigenvalue weighted by atomic mass is 35.5. The average Bonchev–Trinajstić information content (AvgIpc) is 2.78. The van der Waals surface area contributed by atoms with Gasteiger partial charge in [-0.05, 0) is 36.2 Å². The summed E-state index contributed by atoms with van der Waals surface area (Å²) in [7, 11) is -0.966. The normalized spacial score (nSPS) is 12.1. The Hall–Kier alpha value is -2.49. The van der Waals surface area contributed by atoms with Gasteiger partial charge in [0.25, 0.3) is 0 Å². The Kier molecular flexibility index (Phi) is 9.39. The molecule has 0 bridgehead atoms. The van der Waals surface area contributed by atoms with Gasteiger partial charge in [0.05, 0.1) is 29.1 Å². The van der Waals surface area contributed by atoms with E-state index in [-0.39, 0.29) is 18.1 Å². The number of likely N-dealkylation sites (N-methyl/N-ethyl adjacent to an activating group) is 1. The number of nitrogens with zero attached hydrogens (tertiary/aromatic N) is 2. The molecule has 0 aromatic heterocycles. The molecule has 2 aromatic carbocycles. The summed E-state index contributed by atoms with van der Waals surface area (Å²) >= 11 is 12.1. The molecule has 0 unspecified atom stereocenters. The van der Waals surface area contributed by atoms with Crippen LogP contribution < -0.4 is 14.4 Å². The highest BCUT2D eigenvalue weighted by Gasteiger charge is 2.32. The van der Waals surface area contributed by atoms with Gasteiger partial charge in [-0.2, -0.15) is 0 Å². The number of amides is 2. The van der Waals surface area contributed by atoms with Gasteiger partial charge in [0.2, 0.25) is 21.8 Å². The van der Waals surface area contributed by atoms with Crippen LogP contribution in [0.2, 0.25) is 10.0 Å². The smallest absolute Gasteiger partial charge is 0.244 e. The fraction of sp³-hybridized carbons (Fsp3) is 0.364. The van der Waals surface area contributed by atoms with Gasteiger partial charge in [0.15, 0.2) is 0 Å². The molecule has 0 saturated heterocycles. The zero-order valence-electron chi connectivity index (χ0n) is 18.8. The zero-order valence-corrected chi connectivity index (χ0v) is 21.2. The Morgan fingerprint density at radius 2 is 1.79 bits per heavy atom. The van der Waals surface area contributed by atoms with E-state index in [2.05, 4.69) is 5.32 Å². The lowest BCUT2D eigenvalue weighted by molar-refractivity contribution is -0.140. The number of carbonyl (C=O) groups excluding carboxylic acids is 2. The second-order valence-corrected chi connectivity index (χ2v) is 9.97. The summed E-state index contributed by atoms with van der Waals surface area (Å²) in [6.45, 7) is 1.28.